The minimum atomic E-state index is -0.486. The molecule has 1 amide bonds. The summed E-state index contributed by atoms with van der Waals surface area (Å²) < 4.78 is 9.81. The van der Waals surface area contributed by atoms with E-state index in [2.05, 4.69) is 20.4 Å². The number of ether oxygens (including phenoxy) is 1. The highest BCUT2D eigenvalue weighted by Crippen LogP contribution is 2.25. The van der Waals surface area contributed by atoms with Crippen molar-refractivity contribution in [3.05, 3.63) is 46.9 Å². The number of thioether (sulfide) groups is 1. The van der Waals surface area contributed by atoms with Crippen molar-refractivity contribution in [1.82, 2.24) is 15.1 Å². The molecule has 0 aliphatic rings. The van der Waals surface area contributed by atoms with E-state index in [1.54, 1.807) is 6.92 Å². The Labute approximate surface area is 169 Å². The fourth-order valence-electron chi connectivity index (χ4n) is 2.16. The van der Waals surface area contributed by atoms with Crippen LogP contribution < -0.4 is 5.32 Å². The molecular formula is C18H18N4O4S2. The number of carbonyl (C=O) groups is 2. The molecule has 0 unspecified atom stereocenters. The van der Waals surface area contributed by atoms with Crippen LogP contribution in [0.25, 0.3) is 11.3 Å². The van der Waals surface area contributed by atoms with Crippen LogP contribution in [0.4, 0.5) is 5.13 Å². The largest absolute Gasteiger partial charge is 0.455 e. The van der Waals surface area contributed by atoms with Gasteiger partial charge in [-0.3, -0.25) is 14.9 Å². The second kappa shape index (κ2) is 9.47. The van der Waals surface area contributed by atoms with Gasteiger partial charge in [-0.1, -0.05) is 35.0 Å². The van der Waals surface area contributed by atoms with E-state index in [0.717, 1.165) is 11.3 Å². The molecule has 0 aliphatic carbocycles. The van der Waals surface area contributed by atoms with Gasteiger partial charge < -0.3 is 9.26 Å². The zero-order chi connectivity index (χ0) is 19.9. The van der Waals surface area contributed by atoms with Gasteiger partial charge in [0, 0.05) is 17.9 Å². The molecule has 0 bridgehead atoms. The van der Waals surface area contributed by atoms with Gasteiger partial charge >= 0.3 is 5.97 Å². The van der Waals surface area contributed by atoms with Crippen molar-refractivity contribution in [2.75, 3.05) is 17.7 Å². The normalized spacial score (nSPS) is 10.6. The van der Waals surface area contributed by atoms with Crippen LogP contribution >= 0.6 is 23.1 Å². The van der Waals surface area contributed by atoms with Gasteiger partial charge in [-0.2, -0.15) is 4.98 Å². The number of nitrogens with zero attached hydrogens (tertiary/aromatic N) is 3. The van der Waals surface area contributed by atoms with E-state index in [9.17, 15) is 9.59 Å². The summed E-state index contributed by atoms with van der Waals surface area (Å²) >= 11 is 2.60. The summed E-state index contributed by atoms with van der Waals surface area (Å²) in [5.74, 6) is 0.593. The van der Waals surface area contributed by atoms with Crippen molar-refractivity contribution in [2.24, 2.45) is 0 Å². The van der Waals surface area contributed by atoms with Crippen LogP contribution in [0.2, 0.25) is 0 Å². The number of esters is 1. The molecule has 0 saturated heterocycles. The molecule has 2 heterocycles. The minimum Gasteiger partial charge on any atom is -0.455 e. The topological polar surface area (TPSA) is 107 Å². The van der Waals surface area contributed by atoms with Gasteiger partial charge in [0.05, 0.1) is 17.2 Å². The second-order valence-electron chi connectivity index (χ2n) is 5.84. The molecule has 1 aromatic carbocycles. The standard InChI is InChI=1S/C18H18N4O4S2/c1-11-3-5-13(6-4-11)14-8-28-18(20-14)21-16(23)7-25-17(24)10-27-9-15-19-12(2)26-22-15/h3-6,8H,7,9-10H2,1-2H3,(H,20,21,23). The Morgan fingerprint density at radius 2 is 2.00 bits per heavy atom. The lowest BCUT2D eigenvalue weighted by Crippen LogP contribution is -2.21. The first kappa shape index (κ1) is 20.0. The van der Waals surface area contributed by atoms with Crippen LogP contribution in [0.5, 0.6) is 0 Å². The summed E-state index contributed by atoms with van der Waals surface area (Å²) in [6.45, 7) is 3.35. The van der Waals surface area contributed by atoms with Crippen LogP contribution in [0, 0.1) is 13.8 Å². The smallest absolute Gasteiger partial charge is 0.316 e. The summed E-state index contributed by atoms with van der Waals surface area (Å²) in [7, 11) is 0. The Morgan fingerprint density at radius 1 is 1.21 bits per heavy atom. The van der Waals surface area contributed by atoms with Crippen molar-refractivity contribution in [3.63, 3.8) is 0 Å². The number of amides is 1. The van der Waals surface area contributed by atoms with Gasteiger partial charge in [0.2, 0.25) is 5.89 Å². The van der Waals surface area contributed by atoms with Gasteiger partial charge in [0.25, 0.3) is 5.91 Å². The molecule has 146 valence electrons. The lowest BCUT2D eigenvalue weighted by molar-refractivity contribution is -0.144. The zero-order valence-electron chi connectivity index (χ0n) is 15.3. The maximum Gasteiger partial charge on any atom is 0.316 e. The summed E-state index contributed by atoms with van der Waals surface area (Å²) in [5.41, 5.74) is 2.92. The summed E-state index contributed by atoms with van der Waals surface area (Å²) in [6.07, 6.45) is 0. The van der Waals surface area contributed by atoms with Crippen molar-refractivity contribution in [3.8, 4) is 11.3 Å². The predicted octanol–water partition coefficient (Wildman–Crippen LogP) is 3.23. The van der Waals surface area contributed by atoms with Crippen molar-refractivity contribution in [2.45, 2.75) is 19.6 Å². The van der Waals surface area contributed by atoms with E-state index < -0.39 is 11.9 Å². The Kier molecular flexibility index (Phi) is 6.77. The summed E-state index contributed by atoms with van der Waals surface area (Å²) in [4.78, 5) is 32.1. The van der Waals surface area contributed by atoms with E-state index in [1.165, 1.54) is 28.7 Å². The average Bonchev–Trinajstić information content (AvgIpc) is 3.30. The number of hydrogen-bond acceptors (Lipinski definition) is 9. The van der Waals surface area contributed by atoms with E-state index in [4.69, 9.17) is 9.26 Å². The quantitative estimate of drug-likeness (QED) is 0.556. The molecule has 0 aliphatic heterocycles. The number of carbonyl (C=O) groups excluding carboxylic acids is 2. The van der Waals surface area contributed by atoms with E-state index in [-0.39, 0.29) is 12.4 Å². The number of nitrogens with one attached hydrogen (secondary N) is 1. The van der Waals surface area contributed by atoms with Crippen LogP contribution in [0.1, 0.15) is 17.3 Å². The SMILES string of the molecule is Cc1ccc(-c2csc(NC(=O)COC(=O)CSCc3noc(C)n3)n2)cc1. The molecule has 0 fully saturated rings. The van der Waals surface area contributed by atoms with E-state index in [1.807, 2.05) is 36.6 Å². The Morgan fingerprint density at radius 3 is 2.71 bits per heavy atom. The molecule has 3 rings (SSSR count). The molecule has 0 radical (unpaired) electrons. The van der Waals surface area contributed by atoms with Gasteiger partial charge in [-0.05, 0) is 6.92 Å². The lowest BCUT2D eigenvalue weighted by atomic mass is 10.1. The lowest BCUT2D eigenvalue weighted by Gasteiger charge is -2.04. The van der Waals surface area contributed by atoms with Crippen LogP contribution in [0.15, 0.2) is 34.2 Å². The highest BCUT2D eigenvalue weighted by Gasteiger charge is 2.12. The molecule has 8 nitrogen and oxygen atoms in total. The first-order valence-corrected chi connectivity index (χ1v) is 10.4. The summed E-state index contributed by atoms with van der Waals surface area (Å²) in [5, 5.41) is 8.69. The third kappa shape index (κ3) is 5.89. The molecule has 1 N–H and O–H groups in total. The zero-order valence-corrected chi connectivity index (χ0v) is 16.9. The number of aryl methyl sites for hydroxylation is 2. The van der Waals surface area contributed by atoms with Crippen LogP contribution in [0.3, 0.4) is 0 Å². The summed E-state index contributed by atoms with van der Waals surface area (Å²) in [6, 6.07) is 7.96. The van der Waals surface area contributed by atoms with Gasteiger partial charge in [0.1, 0.15) is 0 Å². The molecule has 2 aromatic heterocycles. The number of aromatic nitrogens is 3. The molecular weight excluding hydrogens is 400 g/mol. The Hall–Kier alpha value is -2.72. The third-order valence-electron chi connectivity index (χ3n) is 3.48. The fraction of sp³-hybridized carbons (Fsp3) is 0.278. The Bertz CT molecular complexity index is 953. The van der Waals surface area contributed by atoms with Crippen molar-refractivity contribution in [1.29, 1.82) is 0 Å². The number of rotatable bonds is 8. The molecule has 0 atom stereocenters. The van der Waals surface area contributed by atoms with Crippen molar-refractivity contribution >= 4 is 40.1 Å². The van der Waals surface area contributed by atoms with E-state index in [0.29, 0.717) is 22.6 Å². The van der Waals surface area contributed by atoms with Gasteiger partial charge in [-0.15, -0.1) is 23.1 Å². The van der Waals surface area contributed by atoms with E-state index >= 15 is 0 Å². The average molecular weight is 419 g/mol. The van der Waals surface area contributed by atoms with Crippen LogP contribution in [-0.2, 0) is 20.1 Å². The van der Waals surface area contributed by atoms with Gasteiger partial charge in [0.15, 0.2) is 17.6 Å². The molecule has 0 spiro atoms. The first-order valence-electron chi connectivity index (χ1n) is 8.34. The molecule has 10 heteroatoms. The monoisotopic (exact) mass is 418 g/mol. The number of anilines is 1. The number of benzene rings is 1. The highest BCUT2D eigenvalue weighted by molar-refractivity contribution is 7.99. The Balaban J connectivity index is 1.39. The van der Waals surface area contributed by atoms with Gasteiger partial charge in [-0.25, -0.2) is 4.98 Å². The predicted molar refractivity (Wildman–Crippen MR) is 107 cm³/mol. The van der Waals surface area contributed by atoms with Crippen LogP contribution in [-0.4, -0.2) is 39.4 Å². The third-order valence-corrected chi connectivity index (χ3v) is 5.14. The highest BCUT2D eigenvalue weighted by atomic mass is 32.2. The molecule has 3 aromatic rings. The molecule has 0 saturated carbocycles. The first-order chi connectivity index (χ1) is 13.5. The minimum absolute atomic E-state index is 0.0929. The second-order valence-corrected chi connectivity index (χ2v) is 7.68. The number of thiazole rings is 1. The molecule has 28 heavy (non-hydrogen) atoms. The maximum atomic E-state index is 11.9. The maximum absolute atomic E-state index is 11.9. The number of hydrogen-bond donors (Lipinski definition) is 1. The fourth-order valence-corrected chi connectivity index (χ4v) is 3.54. The van der Waals surface area contributed by atoms with Crippen molar-refractivity contribution < 1.29 is 18.8 Å².